The highest BCUT2D eigenvalue weighted by Crippen LogP contribution is 2.10. The molecule has 2 rings (SSSR count). The number of alkyl carbamates (subject to hydrolysis) is 1. The van der Waals surface area contributed by atoms with E-state index in [-0.39, 0.29) is 11.9 Å². The van der Waals surface area contributed by atoms with Gasteiger partial charge in [-0.15, -0.1) is 0 Å². The van der Waals surface area contributed by atoms with Gasteiger partial charge in [-0.2, -0.15) is 0 Å². The van der Waals surface area contributed by atoms with Gasteiger partial charge < -0.3 is 14.5 Å². The van der Waals surface area contributed by atoms with E-state index in [9.17, 15) is 14.4 Å². The van der Waals surface area contributed by atoms with Gasteiger partial charge in [0.2, 0.25) is 0 Å². The fraction of sp³-hybridized carbons (Fsp3) is 0.357. The van der Waals surface area contributed by atoms with Crippen molar-refractivity contribution in [1.29, 1.82) is 0 Å². The molecule has 1 aromatic heterocycles. The van der Waals surface area contributed by atoms with Crippen LogP contribution in [-0.4, -0.2) is 16.7 Å². The molecule has 7 nitrogen and oxygen atoms in total. The lowest BCUT2D eigenvalue weighted by Crippen LogP contribution is -2.32. The van der Waals surface area contributed by atoms with E-state index in [1.807, 2.05) is 0 Å². The molecule has 2 aromatic rings. The first kappa shape index (κ1) is 14.8. The van der Waals surface area contributed by atoms with Crippen molar-refractivity contribution in [2.24, 2.45) is 0 Å². The highest BCUT2D eigenvalue weighted by Gasteiger charge is 2.15. The molecule has 0 unspecified atom stereocenters. The van der Waals surface area contributed by atoms with Crippen LogP contribution in [0.1, 0.15) is 26.3 Å². The first-order valence-electron chi connectivity index (χ1n) is 6.37. The molecule has 0 aliphatic rings. The third-order valence-corrected chi connectivity index (χ3v) is 2.56. The van der Waals surface area contributed by atoms with E-state index in [4.69, 9.17) is 4.74 Å². The molecule has 1 aromatic carbocycles. The van der Waals surface area contributed by atoms with Gasteiger partial charge in [0.15, 0.2) is 0 Å². The second kappa shape index (κ2) is 5.43. The number of ether oxygens (including phenoxy) is 1. The Balaban J connectivity index is 2.15. The van der Waals surface area contributed by atoms with Gasteiger partial charge in [0, 0.05) is 6.54 Å². The van der Waals surface area contributed by atoms with Crippen molar-refractivity contribution in [3.8, 4) is 0 Å². The average Bonchev–Trinajstić information content (AvgIpc) is 2.33. The van der Waals surface area contributed by atoms with Crippen molar-refractivity contribution in [2.75, 3.05) is 0 Å². The smallest absolute Gasteiger partial charge is 0.419 e. The molecule has 0 atom stereocenters. The van der Waals surface area contributed by atoms with Crippen LogP contribution in [0.5, 0.6) is 0 Å². The summed E-state index contributed by atoms with van der Waals surface area (Å²) in [5, 5.41) is 2.87. The number of carbonyl (C=O) groups is 1. The van der Waals surface area contributed by atoms with Gasteiger partial charge in [0.25, 0.3) is 0 Å². The number of amides is 1. The SMILES string of the molecule is CC(C)(C)OC(=O)NCc1ccc2c(=O)oc(=O)[nH]c2c1. The zero-order valence-corrected chi connectivity index (χ0v) is 12.0. The molecule has 0 aliphatic heterocycles. The molecule has 1 heterocycles. The number of rotatable bonds is 2. The molecular formula is C14H16N2O5. The van der Waals surface area contributed by atoms with Crippen LogP contribution in [0.2, 0.25) is 0 Å². The number of aromatic amines is 1. The van der Waals surface area contributed by atoms with E-state index >= 15 is 0 Å². The van der Waals surface area contributed by atoms with Crippen molar-refractivity contribution >= 4 is 17.0 Å². The first-order chi connectivity index (χ1) is 9.74. The molecule has 1 amide bonds. The van der Waals surface area contributed by atoms with Crippen LogP contribution in [0.4, 0.5) is 4.79 Å². The standard InChI is InChI=1S/C14H16N2O5/c1-14(2,3)21-12(18)15-7-8-4-5-9-10(6-8)16-13(19)20-11(9)17/h4-6H,7H2,1-3H3,(H,15,18)(H,16,19). The Morgan fingerprint density at radius 3 is 2.71 bits per heavy atom. The quantitative estimate of drug-likeness (QED) is 0.873. The Morgan fingerprint density at radius 1 is 1.33 bits per heavy atom. The van der Waals surface area contributed by atoms with Gasteiger partial charge in [0.1, 0.15) is 5.60 Å². The van der Waals surface area contributed by atoms with Crippen molar-refractivity contribution in [1.82, 2.24) is 10.3 Å². The number of H-pyrrole nitrogens is 1. The van der Waals surface area contributed by atoms with Gasteiger partial charge >= 0.3 is 17.5 Å². The van der Waals surface area contributed by atoms with Gasteiger partial charge in [-0.1, -0.05) is 6.07 Å². The summed E-state index contributed by atoms with van der Waals surface area (Å²) in [6, 6.07) is 4.79. The van der Waals surface area contributed by atoms with E-state index < -0.39 is 23.1 Å². The summed E-state index contributed by atoms with van der Waals surface area (Å²) in [5.41, 5.74) is -0.188. The second-order valence-electron chi connectivity index (χ2n) is 5.54. The summed E-state index contributed by atoms with van der Waals surface area (Å²) in [4.78, 5) is 36.6. The zero-order chi connectivity index (χ0) is 15.6. The summed E-state index contributed by atoms with van der Waals surface area (Å²) in [6.45, 7) is 5.53. The van der Waals surface area contributed by atoms with Crippen LogP contribution in [-0.2, 0) is 11.3 Å². The number of benzene rings is 1. The largest absolute Gasteiger partial charge is 0.444 e. The van der Waals surface area contributed by atoms with Crippen molar-refractivity contribution in [3.05, 3.63) is 44.7 Å². The van der Waals surface area contributed by atoms with Crippen LogP contribution in [0.15, 0.2) is 32.2 Å². The minimum Gasteiger partial charge on any atom is -0.444 e. The molecule has 0 saturated carbocycles. The molecule has 0 radical (unpaired) electrons. The van der Waals surface area contributed by atoms with Gasteiger partial charge in [-0.05, 0) is 38.5 Å². The lowest BCUT2D eigenvalue weighted by Gasteiger charge is -2.19. The van der Waals surface area contributed by atoms with Crippen LogP contribution < -0.4 is 16.7 Å². The van der Waals surface area contributed by atoms with Gasteiger partial charge in [0.05, 0.1) is 10.9 Å². The van der Waals surface area contributed by atoms with Crippen LogP contribution >= 0.6 is 0 Å². The average molecular weight is 292 g/mol. The predicted molar refractivity (Wildman–Crippen MR) is 76.2 cm³/mol. The Labute approximate surface area is 119 Å². The molecule has 112 valence electrons. The van der Waals surface area contributed by atoms with Crippen LogP contribution in [0.3, 0.4) is 0 Å². The monoisotopic (exact) mass is 292 g/mol. The molecule has 0 aliphatic carbocycles. The molecule has 21 heavy (non-hydrogen) atoms. The number of nitrogens with one attached hydrogen (secondary N) is 2. The molecule has 0 fully saturated rings. The maximum absolute atomic E-state index is 11.5. The zero-order valence-electron chi connectivity index (χ0n) is 12.0. The summed E-state index contributed by atoms with van der Waals surface area (Å²) in [6.07, 6.45) is -0.538. The Bertz CT molecular complexity index is 782. The molecule has 7 heteroatoms. The lowest BCUT2D eigenvalue weighted by atomic mass is 10.1. The van der Waals surface area contributed by atoms with E-state index in [2.05, 4.69) is 14.7 Å². The normalized spacial score (nSPS) is 11.4. The van der Waals surface area contributed by atoms with Gasteiger partial charge in [-0.3, -0.25) is 4.98 Å². The summed E-state index contributed by atoms with van der Waals surface area (Å²) < 4.78 is 9.54. The van der Waals surface area contributed by atoms with E-state index in [1.54, 1.807) is 32.9 Å². The van der Waals surface area contributed by atoms with Crippen LogP contribution in [0, 0.1) is 0 Å². The van der Waals surface area contributed by atoms with Crippen molar-refractivity contribution < 1.29 is 13.9 Å². The maximum Gasteiger partial charge on any atom is 0.419 e. The highest BCUT2D eigenvalue weighted by atomic mass is 16.6. The molecule has 2 N–H and O–H groups in total. The molecule has 0 spiro atoms. The Hall–Kier alpha value is -2.57. The van der Waals surface area contributed by atoms with Crippen molar-refractivity contribution in [2.45, 2.75) is 32.9 Å². The minimum atomic E-state index is -0.815. The molecule has 0 saturated heterocycles. The number of carbonyl (C=O) groups excluding carboxylic acids is 1. The lowest BCUT2D eigenvalue weighted by molar-refractivity contribution is 0.0523. The summed E-state index contributed by atoms with van der Waals surface area (Å²) >= 11 is 0. The fourth-order valence-corrected chi connectivity index (χ4v) is 1.75. The Morgan fingerprint density at radius 2 is 2.05 bits per heavy atom. The minimum absolute atomic E-state index is 0.215. The van der Waals surface area contributed by atoms with E-state index in [1.165, 1.54) is 6.07 Å². The summed E-state index contributed by atoms with van der Waals surface area (Å²) in [7, 11) is 0. The second-order valence-corrected chi connectivity index (χ2v) is 5.54. The summed E-state index contributed by atoms with van der Waals surface area (Å²) in [5.74, 6) is -0.815. The number of fused-ring (bicyclic) bond motifs is 1. The van der Waals surface area contributed by atoms with E-state index in [0.717, 1.165) is 5.56 Å². The fourth-order valence-electron chi connectivity index (χ4n) is 1.75. The first-order valence-corrected chi connectivity index (χ1v) is 6.37. The van der Waals surface area contributed by atoms with Gasteiger partial charge in [-0.25, -0.2) is 14.4 Å². The topological polar surface area (TPSA) is 101 Å². The Kier molecular flexibility index (Phi) is 3.84. The number of hydrogen-bond donors (Lipinski definition) is 2. The van der Waals surface area contributed by atoms with Crippen LogP contribution in [0.25, 0.3) is 10.9 Å². The number of aromatic nitrogens is 1. The van der Waals surface area contributed by atoms with E-state index in [0.29, 0.717) is 5.52 Å². The molecular weight excluding hydrogens is 276 g/mol. The highest BCUT2D eigenvalue weighted by molar-refractivity contribution is 5.77. The number of hydrogen-bond acceptors (Lipinski definition) is 5. The maximum atomic E-state index is 11.5. The third-order valence-electron chi connectivity index (χ3n) is 2.56. The van der Waals surface area contributed by atoms with Crippen molar-refractivity contribution in [3.63, 3.8) is 0 Å². The predicted octanol–water partition coefficient (Wildman–Crippen LogP) is 1.51. The third kappa shape index (κ3) is 3.95. The molecule has 0 bridgehead atoms.